The predicted molar refractivity (Wildman–Crippen MR) is 69.5 cm³/mol. The lowest BCUT2D eigenvalue weighted by Gasteiger charge is -2.38. The predicted octanol–water partition coefficient (Wildman–Crippen LogP) is 1.74. The molecule has 0 radical (unpaired) electrons. The van der Waals surface area contributed by atoms with Crippen LogP contribution in [0.3, 0.4) is 0 Å². The molecule has 1 fully saturated rings. The van der Waals surface area contributed by atoms with Gasteiger partial charge in [-0.3, -0.25) is 9.13 Å². The summed E-state index contributed by atoms with van der Waals surface area (Å²) in [5.41, 5.74) is -0.592. The quantitative estimate of drug-likeness (QED) is 0.471. The highest BCUT2D eigenvalue weighted by molar-refractivity contribution is 7.72. The third-order valence-electron chi connectivity index (χ3n) is 3.99. The molecule has 0 aliphatic heterocycles. The second kappa shape index (κ2) is 5.57. The van der Waals surface area contributed by atoms with E-state index in [1.807, 2.05) is 6.92 Å². The summed E-state index contributed by atoms with van der Waals surface area (Å²) in [7, 11) is -10.7. The fraction of sp³-hybridized carbons (Fsp3) is 1.00. The highest BCUT2D eigenvalue weighted by atomic mass is 31.2. The Morgan fingerprint density at radius 1 is 1.05 bits per heavy atom. The molecule has 0 unspecified atom stereocenters. The first-order valence-electron chi connectivity index (χ1n) is 6.31. The molecule has 1 rings (SSSR count). The van der Waals surface area contributed by atoms with Gasteiger partial charge in [-0.2, -0.15) is 0 Å². The summed E-state index contributed by atoms with van der Waals surface area (Å²) in [5.74, 6) is 0. The number of hydrogen-bond acceptors (Lipinski definition) is 3. The Labute approximate surface area is 112 Å². The van der Waals surface area contributed by atoms with Crippen LogP contribution >= 0.6 is 15.2 Å². The lowest BCUT2D eigenvalue weighted by molar-refractivity contribution is 0.0702. The Hall–Kier alpha value is 0.260. The van der Waals surface area contributed by atoms with Crippen LogP contribution in [0.2, 0.25) is 0 Å². The van der Waals surface area contributed by atoms with E-state index in [2.05, 4.69) is 0 Å². The highest BCUT2D eigenvalue weighted by Gasteiger charge is 2.62. The molecule has 7 nitrogen and oxygen atoms in total. The molecule has 0 aromatic carbocycles. The van der Waals surface area contributed by atoms with E-state index in [1.54, 1.807) is 0 Å². The molecule has 0 amide bonds. The zero-order valence-electron chi connectivity index (χ0n) is 10.9. The van der Waals surface area contributed by atoms with Gasteiger partial charge < -0.3 is 24.7 Å². The molecule has 0 spiro atoms. The second-order valence-electron chi connectivity index (χ2n) is 5.50. The van der Waals surface area contributed by atoms with Gasteiger partial charge in [0.15, 0.2) is 0 Å². The zero-order valence-corrected chi connectivity index (χ0v) is 12.7. The Kier molecular flexibility index (Phi) is 5.07. The zero-order chi connectivity index (χ0) is 14.9. The Balaban J connectivity index is 3.15. The van der Waals surface area contributed by atoms with Gasteiger partial charge in [0.1, 0.15) is 0 Å². The minimum absolute atomic E-state index is 0.553. The fourth-order valence-electron chi connectivity index (χ4n) is 3.05. The van der Waals surface area contributed by atoms with Crippen LogP contribution in [0.1, 0.15) is 51.9 Å². The first-order chi connectivity index (χ1) is 8.47. The minimum Gasteiger partial charge on any atom is -0.368 e. The van der Waals surface area contributed by atoms with Gasteiger partial charge in [0.25, 0.3) is 5.08 Å². The van der Waals surface area contributed by atoms with Crippen LogP contribution in [0.25, 0.3) is 0 Å². The Morgan fingerprint density at radius 3 is 1.79 bits per heavy atom. The molecule has 0 aromatic heterocycles. The summed E-state index contributed by atoms with van der Waals surface area (Å²) < 4.78 is 22.8. The van der Waals surface area contributed by atoms with Gasteiger partial charge in [0.05, 0.1) is 0 Å². The molecule has 0 aromatic rings. The number of aliphatic hydroxyl groups is 1. The fourth-order valence-corrected chi connectivity index (χ4v) is 5.49. The van der Waals surface area contributed by atoms with Gasteiger partial charge in [-0.05, 0) is 24.7 Å². The van der Waals surface area contributed by atoms with E-state index in [9.17, 15) is 33.8 Å². The Bertz CT molecular complexity index is 382. The van der Waals surface area contributed by atoms with E-state index in [4.69, 9.17) is 0 Å². The average Bonchev–Trinajstić information content (AvgIpc) is 2.63. The van der Waals surface area contributed by atoms with Crippen molar-refractivity contribution in [1.82, 2.24) is 0 Å². The summed E-state index contributed by atoms with van der Waals surface area (Å²) in [6.45, 7) is 1.90. The van der Waals surface area contributed by atoms with Crippen molar-refractivity contribution in [1.29, 1.82) is 0 Å². The van der Waals surface area contributed by atoms with Crippen molar-refractivity contribution in [3.8, 4) is 0 Å². The van der Waals surface area contributed by atoms with E-state index in [0.29, 0.717) is 19.3 Å². The van der Waals surface area contributed by atoms with Crippen LogP contribution in [-0.4, -0.2) is 29.8 Å². The molecule has 19 heavy (non-hydrogen) atoms. The van der Waals surface area contributed by atoms with Crippen LogP contribution in [0.15, 0.2) is 0 Å². The van der Waals surface area contributed by atoms with E-state index < -0.39 is 32.1 Å². The highest BCUT2D eigenvalue weighted by Crippen LogP contribution is 2.72. The number of hydrogen-bond donors (Lipinski definition) is 5. The van der Waals surface area contributed by atoms with Crippen molar-refractivity contribution >= 4 is 15.2 Å². The van der Waals surface area contributed by atoms with E-state index in [-0.39, 0.29) is 0 Å². The van der Waals surface area contributed by atoms with Crippen molar-refractivity contribution in [3.63, 3.8) is 0 Å². The van der Waals surface area contributed by atoms with Crippen molar-refractivity contribution in [2.75, 3.05) is 0 Å². The van der Waals surface area contributed by atoms with Crippen LogP contribution < -0.4 is 0 Å². The molecule has 114 valence electrons. The van der Waals surface area contributed by atoms with Gasteiger partial charge in [-0.1, -0.05) is 26.2 Å². The lowest BCUT2D eigenvalue weighted by Crippen LogP contribution is -2.36. The van der Waals surface area contributed by atoms with Gasteiger partial charge >= 0.3 is 15.2 Å². The van der Waals surface area contributed by atoms with Gasteiger partial charge in [-0.25, -0.2) is 0 Å². The maximum atomic E-state index is 11.4. The second-order valence-corrected chi connectivity index (χ2v) is 9.50. The van der Waals surface area contributed by atoms with E-state index in [1.165, 1.54) is 0 Å². The molecule has 0 atom stereocenters. The largest absolute Gasteiger partial charge is 0.369 e. The van der Waals surface area contributed by atoms with Gasteiger partial charge in [0.2, 0.25) is 0 Å². The molecular formula is C10H22O7P2. The van der Waals surface area contributed by atoms with Crippen molar-refractivity contribution in [2.24, 2.45) is 5.41 Å². The minimum atomic E-state index is -5.34. The summed E-state index contributed by atoms with van der Waals surface area (Å²) in [6, 6.07) is 0. The van der Waals surface area contributed by atoms with E-state index >= 15 is 0 Å². The third-order valence-corrected chi connectivity index (χ3v) is 7.74. The topological polar surface area (TPSA) is 135 Å². The summed E-state index contributed by atoms with van der Waals surface area (Å²) in [5, 5.41) is 6.75. The lowest BCUT2D eigenvalue weighted by atomic mass is 9.79. The van der Waals surface area contributed by atoms with Crippen LogP contribution in [0.5, 0.6) is 0 Å². The van der Waals surface area contributed by atoms with Gasteiger partial charge in [-0.15, -0.1) is 0 Å². The Morgan fingerprint density at radius 2 is 1.47 bits per heavy atom. The molecular weight excluding hydrogens is 294 g/mol. The molecule has 1 aliphatic carbocycles. The smallest absolute Gasteiger partial charge is 0.368 e. The maximum Gasteiger partial charge on any atom is 0.369 e. The standard InChI is InChI=1S/C10H22O7P2/c1-2-5-9(6-3-4-7-9)8-10(11,18(12,13)14)19(15,16)17/h11H,2-8H2,1H3,(H2,12,13,14)(H2,15,16,17). The summed E-state index contributed by atoms with van der Waals surface area (Å²) in [4.78, 5) is 36.7. The maximum absolute atomic E-state index is 11.4. The monoisotopic (exact) mass is 316 g/mol. The normalized spacial score (nSPS) is 20.7. The van der Waals surface area contributed by atoms with Crippen LogP contribution in [0, 0.1) is 5.41 Å². The molecule has 0 heterocycles. The summed E-state index contributed by atoms with van der Waals surface area (Å²) >= 11 is 0. The van der Waals surface area contributed by atoms with Crippen molar-refractivity contribution in [3.05, 3.63) is 0 Å². The molecule has 0 saturated heterocycles. The van der Waals surface area contributed by atoms with Crippen LogP contribution in [0.4, 0.5) is 0 Å². The molecule has 9 heteroatoms. The van der Waals surface area contributed by atoms with E-state index in [0.717, 1.165) is 19.3 Å². The van der Waals surface area contributed by atoms with Crippen molar-refractivity contribution < 1.29 is 33.8 Å². The molecule has 0 bridgehead atoms. The van der Waals surface area contributed by atoms with Crippen molar-refractivity contribution in [2.45, 2.75) is 57.0 Å². The van der Waals surface area contributed by atoms with Crippen LogP contribution in [-0.2, 0) is 9.13 Å². The SMILES string of the molecule is CCCC1(CC(O)(P(=O)(O)O)P(=O)(O)O)CCCC1. The van der Waals surface area contributed by atoms with Gasteiger partial charge in [0, 0.05) is 6.42 Å². The molecule has 5 N–H and O–H groups in total. The molecule has 1 aliphatic rings. The molecule has 1 saturated carbocycles. The number of rotatable bonds is 6. The first kappa shape index (κ1) is 17.3. The average molecular weight is 316 g/mol. The third kappa shape index (κ3) is 3.48. The first-order valence-corrected chi connectivity index (χ1v) is 9.54. The summed E-state index contributed by atoms with van der Waals surface area (Å²) in [6.07, 6.45) is 3.72.